The first kappa shape index (κ1) is 23.8. The van der Waals surface area contributed by atoms with Crippen LogP contribution >= 0.6 is 11.6 Å². The van der Waals surface area contributed by atoms with E-state index in [1.807, 2.05) is 30.3 Å². The van der Waals surface area contributed by atoms with E-state index in [1.54, 1.807) is 0 Å². The first-order valence-corrected chi connectivity index (χ1v) is 12.1. The summed E-state index contributed by atoms with van der Waals surface area (Å²) in [5.74, 6) is 1.50. The number of hydrogen-bond acceptors (Lipinski definition) is 2. The van der Waals surface area contributed by atoms with Gasteiger partial charge in [-0.25, -0.2) is 0 Å². The van der Waals surface area contributed by atoms with E-state index in [0.717, 1.165) is 30.0 Å². The van der Waals surface area contributed by atoms with Gasteiger partial charge in [-0.3, -0.25) is 4.79 Å². The van der Waals surface area contributed by atoms with Gasteiger partial charge in [0.15, 0.2) is 0 Å². The Balaban J connectivity index is 1.46. The fraction of sp³-hybridized carbons (Fsp3) is 0.519. The SMILES string of the molecule is CCC(C(=O)NCCC1CCC(C(c2ccc(Cl)cc2)N(C)C)CC1)c1ccccc1. The van der Waals surface area contributed by atoms with Crippen LogP contribution in [0.1, 0.15) is 68.5 Å². The van der Waals surface area contributed by atoms with Crippen molar-refractivity contribution >= 4 is 17.5 Å². The zero-order valence-electron chi connectivity index (χ0n) is 19.2. The summed E-state index contributed by atoms with van der Waals surface area (Å²) >= 11 is 6.09. The Labute approximate surface area is 193 Å². The van der Waals surface area contributed by atoms with Crippen LogP contribution in [0.2, 0.25) is 5.02 Å². The molecular formula is C27H37ClN2O. The topological polar surface area (TPSA) is 32.3 Å². The van der Waals surface area contributed by atoms with Gasteiger partial charge in [-0.2, -0.15) is 0 Å². The van der Waals surface area contributed by atoms with Crippen LogP contribution in [-0.2, 0) is 4.79 Å². The van der Waals surface area contributed by atoms with Crippen molar-refractivity contribution in [1.29, 1.82) is 0 Å². The number of amides is 1. The van der Waals surface area contributed by atoms with Crippen LogP contribution in [0, 0.1) is 11.8 Å². The molecule has 0 radical (unpaired) electrons. The van der Waals surface area contributed by atoms with Crippen molar-refractivity contribution in [2.45, 2.75) is 57.4 Å². The van der Waals surface area contributed by atoms with Gasteiger partial charge in [0.2, 0.25) is 5.91 Å². The van der Waals surface area contributed by atoms with Crippen LogP contribution in [0.15, 0.2) is 54.6 Å². The van der Waals surface area contributed by atoms with Gasteiger partial charge in [0.25, 0.3) is 0 Å². The van der Waals surface area contributed by atoms with Gasteiger partial charge in [0.05, 0.1) is 5.92 Å². The third-order valence-electron chi connectivity index (χ3n) is 6.88. The third kappa shape index (κ3) is 6.57. The number of halogens is 1. The van der Waals surface area contributed by atoms with Crippen molar-refractivity contribution in [1.82, 2.24) is 10.2 Å². The maximum atomic E-state index is 12.7. The van der Waals surface area contributed by atoms with Crippen molar-refractivity contribution in [2.75, 3.05) is 20.6 Å². The molecule has 0 aliphatic heterocycles. The lowest BCUT2D eigenvalue weighted by Gasteiger charge is -2.37. The van der Waals surface area contributed by atoms with E-state index in [9.17, 15) is 4.79 Å². The molecule has 31 heavy (non-hydrogen) atoms. The van der Waals surface area contributed by atoms with Gasteiger partial charge in [0.1, 0.15) is 0 Å². The Morgan fingerprint density at radius 1 is 1.00 bits per heavy atom. The maximum absolute atomic E-state index is 12.7. The van der Waals surface area contributed by atoms with Gasteiger partial charge in [-0.1, -0.05) is 73.8 Å². The lowest BCUT2D eigenvalue weighted by molar-refractivity contribution is -0.122. The number of hydrogen-bond donors (Lipinski definition) is 1. The molecular weight excluding hydrogens is 404 g/mol. The lowest BCUT2D eigenvalue weighted by atomic mass is 9.75. The predicted octanol–water partition coefficient (Wildman–Crippen LogP) is 6.45. The maximum Gasteiger partial charge on any atom is 0.227 e. The molecule has 1 aliphatic carbocycles. The van der Waals surface area contributed by atoms with Crippen molar-refractivity contribution in [3.05, 3.63) is 70.7 Å². The van der Waals surface area contributed by atoms with E-state index < -0.39 is 0 Å². The van der Waals surface area contributed by atoms with Crippen molar-refractivity contribution in [3.8, 4) is 0 Å². The van der Waals surface area contributed by atoms with Crippen molar-refractivity contribution in [3.63, 3.8) is 0 Å². The molecule has 1 aliphatic rings. The molecule has 0 heterocycles. The average molecular weight is 441 g/mol. The average Bonchev–Trinajstić information content (AvgIpc) is 2.77. The van der Waals surface area contributed by atoms with E-state index in [0.29, 0.717) is 17.9 Å². The second-order valence-corrected chi connectivity index (χ2v) is 9.63. The molecule has 0 saturated heterocycles. The van der Waals surface area contributed by atoms with Crippen molar-refractivity contribution < 1.29 is 4.79 Å². The highest BCUT2D eigenvalue weighted by atomic mass is 35.5. The van der Waals surface area contributed by atoms with Crippen LogP contribution in [0.4, 0.5) is 0 Å². The fourth-order valence-corrected chi connectivity index (χ4v) is 5.35. The minimum atomic E-state index is -0.0443. The first-order chi connectivity index (χ1) is 15.0. The molecule has 2 aromatic rings. The summed E-state index contributed by atoms with van der Waals surface area (Å²) in [4.78, 5) is 15.0. The molecule has 4 heteroatoms. The van der Waals surface area contributed by atoms with Crippen LogP contribution in [0.3, 0.4) is 0 Å². The summed E-state index contributed by atoms with van der Waals surface area (Å²) in [7, 11) is 4.36. The third-order valence-corrected chi connectivity index (χ3v) is 7.14. The lowest BCUT2D eigenvalue weighted by Crippen LogP contribution is -2.33. The minimum Gasteiger partial charge on any atom is -0.356 e. The Hall–Kier alpha value is -1.84. The Morgan fingerprint density at radius 3 is 2.23 bits per heavy atom. The highest BCUT2D eigenvalue weighted by Gasteiger charge is 2.30. The second kappa shape index (κ2) is 11.7. The highest BCUT2D eigenvalue weighted by Crippen LogP contribution is 2.40. The quantitative estimate of drug-likeness (QED) is 0.486. The molecule has 2 unspecified atom stereocenters. The number of carbonyl (C=O) groups is 1. The van der Waals surface area contributed by atoms with Gasteiger partial charge < -0.3 is 10.2 Å². The van der Waals surface area contributed by atoms with E-state index in [4.69, 9.17) is 11.6 Å². The van der Waals surface area contributed by atoms with Gasteiger partial charge in [0, 0.05) is 17.6 Å². The highest BCUT2D eigenvalue weighted by molar-refractivity contribution is 6.30. The first-order valence-electron chi connectivity index (χ1n) is 11.7. The van der Waals surface area contributed by atoms with Crippen LogP contribution in [-0.4, -0.2) is 31.4 Å². The molecule has 2 aromatic carbocycles. The fourth-order valence-electron chi connectivity index (χ4n) is 5.23. The summed E-state index contributed by atoms with van der Waals surface area (Å²) in [5, 5.41) is 4.00. The zero-order valence-corrected chi connectivity index (χ0v) is 19.9. The standard InChI is InChI=1S/C27H37ClN2O/c1-4-25(21-8-6-5-7-9-21)27(31)29-19-18-20-10-12-22(13-11-20)26(30(2)3)23-14-16-24(28)17-15-23/h5-9,14-17,20,22,25-26H,4,10-13,18-19H2,1-3H3,(H,29,31). The molecule has 168 valence electrons. The van der Waals surface area contributed by atoms with Crippen LogP contribution in [0.25, 0.3) is 0 Å². The van der Waals surface area contributed by atoms with Gasteiger partial charge in [-0.05, 0) is 74.9 Å². The molecule has 0 spiro atoms. The number of benzene rings is 2. The number of rotatable bonds is 9. The summed E-state index contributed by atoms with van der Waals surface area (Å²) in [6, 6.07) is 18.9. The van der Waals surface area contributed by atoms with Crippen molar-refractivity contribution in [2.24, 2.45) is 11.8 Å². The summed E-state index contributed by atoms with van der Waals surface area (Å²) in [6.45, 7) is 2.87. The summed E-state index contributed by atoms with van der Waals surface area (Å²) in [5.41, 5.74) is 2.47. The van der Waals surface area contributed by atoms with E-state index in [2.05, 4.69) is 55.5 Å². The monoisotopic (exact) mass is 440 g/mol. The number of carbonyl (C=O) groups excluding carboxylic acids is 1. The Morgan fingerprint density at radius 2 is 1.65 bits per heavy atom. The predicted molar refractivity (Wildman–Crippen MR) is 130 cm³/mol. The molecule has 2 atom stereocenters. The number of nitrogens with one attached hydrogen (secondary N) is 1. The van der Waals surface area contributed by atoms with E-state index in [-0.39, 0.29) is 11.8 Å². The minimum absolute atomic E-state index is 0.0443. The normalized spacial score (nSPS) is 20.9. The molecule has 3 nitrogen and oxygen atoms in total. The van der Waals surface area contributed by atoms with E-state index >= 15 is 0 Å². The van der Waals surface area contributed by atoms with Crippen LogP contribution < -0.4 is 5.32 Å². The molecule has 3 rings (SSSR count). The molecule has 0 aromatic heterocycles. The second-order valence-electron chi connectivity index (χ2n) is 9.19. The summed E-state index contributed by atoms with van der Waals surface area (Å²) < 4.78 is 0. The molecule has 1 saturated carbocycles. The smallest absolute Gasteiger partial charge is 0.227 e. The molecule has 1 N–H and O–H groups in total. The van der Waals surface area contributed by atoms with Gasteiger partial charge >= 0.3 is 0 Å². The van der Waals surface area contributed by atoms with Gasteiger partial charge in [-0.15, -0.1) is 0 Å². The Bertz CT molecular complexity index is 798. The molecule has 1 fully saturated rings. The molecule has 0 bridgehead atoms. The largest absolute Gasteiger partial charge is 0.356 e. The Kier molecular flexibility index (Phi) is 8.98. The molecule has 1 amide bonds. The van der Waals surface area contributed by atoms with E-state index in [1.165, 1.54) is 31.2 Å². The summed E-state index contributed by atoms with van der Waals surface area (Å²) in [6.07, 6.45) is 6.88. The number of nitrogens with zero attached hydrogens (tertiary/aromatic N) is 1. The van der Waals surface area contributed by atoms with Crippen LogP contribution in [0.5, 0.6) is 0 Å². The zero-order chi connectivity index (χ0) is 22.2.